The molecule has 0 aliphatic carbocycles. The number of hydrogen-bond acceptors (Lipinski definition) is 5. The van der Waals surface area contributed by atoms with Gasteiger partial charge in [0, 0.05) is 38.3 Å². The molecule has 0 aromatic heterocycles. The Balaban J connectivity index is 1.62. The van der Waals surface area contributed by atoms with Crippen molar-refractivity contribution in [3.8, 4) is 17.2 Å². The molecule has 138 valence electrons. The standard InChI is InChI=1S/C20H24N2O4/c1-25-16-7-8-19(26-2)15(13-16)14-21-9-11-22(12-10-21)20(24)17-5-3-4-6-18(17)23/h3-8,13,23H,9-12,14H2,1-2H3. The van der Waals surface area contributed by atoms with Gasteiger partial charge in [0.15, 0.2) is 0 Å². The third kappa shape index (κ3) is 3.91. The number of phenols is 1. The van der Waals surface area contributed by atoms with Gasteiger partial charge in [0.05, 0.1) is 19.8 Å². The molecule has 2 aromatic carbocycles. The number of carbonyl (C=O) groups excluding carboxylic acids is 1. The van der Waals surface area contributed by atoms with Crippen LogP contribution in [-0.2, 0) is 6.54 Å². The van der Waals surface area contributed by atoms with E-state index in [9.17, 15) is 9.90 Å². The number of piperazine rings is 1. The van der Waals surface area contributed by atoms with Crippen LogP contribution in [0.25, 0.3) is 0 Å². The summed E-state index contributed by atoms with van der Waals surface area (Å²) in [5, 5.41) is 9.88. The molecule has 1 aliphatic rings. The van der Waals surface area contributed by atoms with Crippen molar-refractivity contribution in [3.05, 3.63) is 53.6 Å². The summed E-state index contributed by atoms with van der Waals surface area (Å²) in [5.41, 5.74) is 1.42. The van der Waals surface area contributed by atoms with Crippen molar-refractivity contribution in [1.82, 2.24) is 9.80 Å². The predicted octanol–water partition coefficient (Wildman–Crippen LogP) is 2.37. The fourth-order valence-corrected chi connectivity index (χ4v) is 3.18. The lowest BCUT2D eigenvalue weighted by molar-refractivity contribution is 0.0624. The molecule has 1 aliphatic heterocycles. The molecule has 1 fully saturated rings. The summed E-state index contributed by atoms with van der Waals surface area (Å²) in [5.74, 6) is 1.54. The summed E-state index contributed by atoms with van der Waals surface area (Å²) in [6, 6.07) is 12.4. The average molecular weight is 356 g/mol. The number of amides is 1. The van der Waals surface area contributed by atoms with Crippen LogP contribution < -0.4 is 9.47 Å². The van der Waals surface area contributed by atoms with E-state index in [0.29, 0.717) is 18.7 Å². The minimum atomic E-state index is -0.123. The maximum atomic E-state index is 12.6. The predicted molar refractivity (Wildman–Crippen MR) is 98.8 cm³/mol. The van der Waals surface area contributed by atoms with Crippen LogP contribution in [0.2, 0.25) is 0 Å². The van der Waals surface area contributed by atoms with Crippen molar-refractivity contribution in [1.29, 1.82) is 0 Å². The molecule has 1 amide bonds. The van der Waals surface area contributed by atoms with Gasteiger partial charge in [-0.3, -0.25) is 9.69 Å². The van der Waals surface area contributed by atoms with Crippen LogP contribution in [0.1, 0.15) is 15.9 Å². The molecule has 0 bridgehead atoms. The summed E-state index contributed by atoms with van der Waals surface area (Å²) < 4.78 is 10.7. The second kappa shape index (κ2) is 8.10. The zero-order valence-corrected chi connectivity index (χ0v) is 15.1. The number of nitrogens with zero attached hydrogens (tertiary/aromatic N) is 2. The molecule has 0 saturated carbocycles. The molecule has 0 radical (unpaired) electrons. The van der Waals surface area contributed by atoms with Gasteiger partial charge < -0.3 is 19.5 Å². The Morgan fingerprint density at radius 2 is 1.77 bits per heavy atom. The van der Waals surface area contributed by atoms with Gasteiger partial charge in [-0.05, 0) is 30.3 Å². The zero-order chi connectivity index (χ0) is 18.5. The lowest BCUT2D eigenvalue weighted by Gasteiger charge is -2.35. The van der Waals surface area contributed by atoms with Crippen LogP contribution in [0.15, 0.2) is 42.5 Å². The molecule has 6 heteroatoms. The molecule has 0 spiro atoms. The van der Waals surface area contributed by atoms with E-state index in [0.717, 1.165) is 36.7 Å². The first-order valence-corrected chi connectivity index (χ1v) is 8.63. The van der Waals surface area contributed by atoms with E-state index in [1.54, 1.807) is 43.4 Å². The van der Waals surface area contributed by atoms with Crippen LogP contribution in [-0.4, -0.2) is 61.2 Å². The van der Waals surface area contributed by atoms with Crippen molar-refractivity contribution in [3.63, 3.8) is 0 Å². The highest BCUT2D eigenvalue weighted by atomic mass is 16.5. The Kier molecular flexibility index (Phi) is 5.63. The van der Waals surface area contributed by atoms with E-state index in [-0.39, 0.29) is 11.7 Å². The molecule has 0 atom stereocenters. The summed E-state index contributed by atoms with van der Waals surface area (Å²) in [6.45, 7) is 3.51. The van der Waals surface area contributed by atoms with Crippen LogP contribution >= 0.6 is 0 Å². The van der Waals surface area contributed by atoms with Gasteiger partial charge in [-0.2, -0.15) is 0 Å². The number of benzene rings is 2. The van der Waals surface area contributed by atoms with Crippen LogP contribution in [0.4, 0.5) is 0 Å². The van der Waals surface area contributed by atoms with Crippen LogP contribution in [0, 0.1) is 0 Å². The first-order valence-electron chi connectivity index (χ1n) is 8.63. The Morgan fingerprint density at radius 3 is 2.42 bits per heavy atom. The molecule has 1 heterocycles. The molecular formula is C20H24N2O4. The molecular weight excluding hydrogens is 332 g/mol. The smallest absolute Gasteiger partial charge is 0.257 e. The summed E-state index contributed by atoms with van der Waals surface area (Å²) in [6.07, 6.45) is 0. The Bertz CT molecular complexity index is 770. The third-order valence-electron chi connectivity index (χ3n) is 4.68. The molecule has 0 unspecified atom stereocenters. The molecule has 2 aromatic rings. The summed E-state index contributed by atoms with van der Waals surface area (Å²) in [4.78, 5) is 16.7. The van der Waals surface area contributed by atoms with Crippen molar-refractivity contribution in [2.45, 2.75) is 6.54 Å². The van der Waals surface area contributed by atoms with Gasteiger partial charge in [0.25, 0.3) is 5.91 Å². The molecule has 6 nitrogen and oxygen atoms in total. The SMILES string of the molecule is COc1ccc(OC)c(CN2CCN(C(=O)c3ccccc3O)CC2)c1. The van der Waals surface area contributed by atoms with Gasteiger partial charge in [0.1, 0.15) is 17.2 Å². The van der Waals surface area contributed by atoms with Gasteiger partial charge >= 0.3 is 0 Å². The number of ether oxygens (including phenoxy) is 2. The van der Waals surface area contributed by atoms with Crippen molar-refractivity contribution in [2.75, 3.05) is 40.4 Å². The number of aromatic hydroxyl groups is 1. The fourth-order valence-electron chi connectivity index (χ4n) is 3.18. The monoisotopic (exact) mass is 356 g/mol. The van der Waals surface area contributed by atoms with Crippen molar-refractivity contribution < 1.29 is 19.4 Å². The minimum absolute atomic E-state index is 0.0287. The minimum Gasteiger partial charge on any atom is -0.507 e. The van der Waals surface area contributed by atoms with E-state index in [2.05, 4.69) is 4.90 Å². The number of rotatable bonds is 5. The topological polar surface area (TPSA) is 62.2 Å². The Hall–Kier alpha value is -2.73. The second-order valence-electron chi connectivity index (χ2n) is 6.26. The lowest BCUT2D eigenvalue weighted by Crippen LogP contribution is -2.48. The Labute approximate surface area is 153 Å². The lowest BCUT2D eigenvalue weighted by atomic mass is 10.1. The van der Waals surface area contributed by atoms with Crippen molar-refractivity contribution in [2.24, 2.45) is 0 Å². The fraction of sp³-hybridized carbons (Fsp3) is 0.350. The van der Waals surface area contributed by atoms with Gasteiger partial charge in [-0.15, -0.1) is 0 Å². The molecule has 1 N–H and O–H groups in total. The van der Waals surface area contributed by atoms with E-state index < -0.39 is 0 Å². The number of para-hydroxylation sites is 1. The van der Waals surface area contributed by atoms with Crippen molar-refractivity contribution >= 4 is 5.91 Å². The Morgan fingerprint density at radius 1 is 1.04 bits per heavy atom. The van der Waals surface area contributed by atoms with Crippen LogP contribution in [0.5, 0.6) is 17.2 Å². The van der Waals surface area contributed by atoms with E-state index >= 15 is 0 Å². The van der Waals surface area contributed by atoms with Gasteiger partial charge in [0.2, 0.25) is 0 Å². The van der Waals surface area contributed by atoms with Gasteiger partial charge in [-0.25, -0.2) is 0 Å². The van der Waals surface area contributed by atoms with Gasteiger partial charge in [-0.1, -0.05) is 12.1 Å². The number of carbonyl (C=O) groups is 1. The molecule has 26 heavy (non-hydrogen) atoms. The number of phenolic OH excluding ortho intramolecular Hbond substituents is 1. The van der Waals surface area contributed by atoms with Crippen LogP contribution in [0.3, 0.4) is 0 Å². The summed E-state index contributed by atoms with van der Waals surface area (Å²) >= 11 is 0. The molecule has 3 rings (SSSR count). The first-order chi connectivity index (χ1) is 12.6. The largest absolute Gasteiger partial charge is 0.507 e. The maximum absolute atomic E-state index is 12.6. The third-order valence-corrected chi connectivity index (χ3v) is 4.68. The van der Waals surface area contributed by atoms with E-state index in [1.807, 2.05) is 18.2 Å². The average Bonchev–Trinajstić information content (AvgIpc) is 2.68. The number of hydrogen-bond donors (Lipinski definition) is 1. The highest BCUT2D eigenvalue weighted by Gasteiger charge is 2.24. The maximum Gasteiger partial charge on any atom is 0.257 e. The number of methoxy groups -OCH3 is 2. The molecule has 1 saturated heterocycles. The first kappa shape index (κ1) is 18.1. The zero-order valence-electron chi connectivity index (χ0n) is 15.1. The van der Waals surface area contributed by atoms with E-state index in [4.69, 9.17) is 9.47 Å². The van der Waals surface area contributed by atoms with E-state index in [1.165, 1.54) is 0 Å². The summed E-state index contributed by atoms with van der Waals surface area (Å²) in [7, 11) is 3.31. The second-order valence-corrected chi connectivity index (χ2v) is 6.26. The quantitative estimate of drug-likeness (QED) is 0.891. The normalized spacial score (nSPS) is 14.9. The highest BCUT2D eigenvalue weighted by molar-refractivity contribution is 5.96. The highest BCUT2D eigenvalue weighted by Crippen LogP contribution is 2.26.